The Kier molecular flexibility index (Phi) is 4.63. The number of amides is 1. The van der Waals surface area contributed by atoms with E-state index >= 15 is 0 Å². The molecule has 0 aliphatic heterocycles. The van der Waals surface area contributed by atoms with Crippen LogP contribution in [0.25, 0.3) is 0 Å². The molecule has 4 nitrogen and oxygen atoms in total. The molecule has 2 N–H and O–H groups in total. The minimum atomic E-state index is -0.846. The third-order valence-electron chi connectivity index (χ3n) is 2.56. The van der Waals surface area contributed by atoms with E-state index in [0.29, 0.717) is 12.0 Å². The Morgan fingerprint density at radius 2 is 2.24 bits per heavy atom. The van der Waals surface area contributed by atoms with Gasteiger partial charge in [0.2, 0.25) is 0 Å². The second-order valence-electron chi connectivity index (χ2n) is 4.68. The zero-order valence-corrected chi connectivity index (χ0v) is 10.7. The van der Waals surface area contributed by atoms with Crippen molar-refractivity contribution in [3.8, 4) is 0 Å². The summed E-state index contributed by atoms with van der Waals surface area (Å²) in [7, 11) is 0. The predicted molar refractivity (Wildman–Crippen MR) is 66.8 cm³/mol. The Bertz CT molecular complexity index is 389. The lowest BCUT2D eigenvalue weighted by Gasteiger charge is -2.22. The van der Waals surface area contributed by atoms with E-state index in [1.54, 1.807) is 19.2 Å². The van der Waals surface area contributed by atoms with Crippen molar-refractivity contribution < 1.29 is 9.90 Å². The summed E-state index contributed by atoms with van der Waals surface area (Å²) >= 11 is 0. The monoisotopic (exact) mass is 236 g/mol. The first-order chi connectivity index (χ1) is 7.94. The fourth-order valence-electron chi connectivity index (χ4n) is 1.68. The van der Waals surface area contributed by atoms with E-state index in [4.69, 9.17) is 0 Å². The average molecular weight is 236 g/mol. The standard InChI is InChI=1S/C13H20N2O2/c1-4-5-13(3,17)9-15-12(16)11-6-10(2)7-14-8-11/h6-8,17H,4-5,9H2,1-3H3,(H,15,16). The highest BCUT2D eigenvalue weighted by Gasteiger charge is 2.20. The minimum Gasteiger partial charge on any atom is -0.388 e. The highest BCUT2D eigenvalue weighted by atomic mass is 16.3. The first kappa shape index (κ1) is 13.6. The molecule has 0 aliphatic rings. The van der Waals surface area contributed by atoms with Crippen LogP contribution in [0.5, 0.6) is 0 Å². The molecule has 0 fully saturated rings. The number of nitrogens with one attached hydrogen (secondary N) is 1. The summed E-state index contributed by atoms with van der Waals surface area (Å²) in [5, 5.41) is 12.7. The van der Waals surface area contributed by atoms with Crippen LogP contribution in [0.1, 0.15) is 42.6 Å². The Labute approximate surface area is 102 Å². The molecule has 94 valence electrons. The van der Waals surface area contributed by atoms with Crippen LogP contribution < -0.4 is 5.32 Å². The number of hydrogen-bond acceptors (Lipinski definition) is 3. The smallest absolute Gasteiger partial charge is 0.252 e. The summed E-state index contributed by atoms with van der Waals surface area (Å²) < 4.78 is 0. The number of pyridine rings is 1. The van der Waals surface area contributed by atoms with E-state index in [-0.39, 0.29) is 12.5 Å². The lowest BCUT2D eigenvalue weighted by atomic mass is 10.0. The highest BCUT2D eigenvalue weighted by Crippen LogP contribution is 2.10. The summed E-state index contributed by atoms with van der Waals surface area (Å²) in [6, 6.07) is 1.77. The number of hydrogen-bond donors (Lipinski definition) is 2. The molecule has 1 heterocycles. The average Bonchev–Trinajstić information content (AvgIpc) is 2.26. The maximum atomic E-state index is 11.8. The number of aliphatic hydroxyl groups is 1. The molecule has 0 bridgehead atoms. The molecule has 0 aliphatic carbocycles. The zero-order chi connectivity index (χ0) is 12.9. The topological polar surface area (TPSA) is 62.2 Å². The van der Waals surface area contributed by atoms with Crippen molar-refractivity contribution in [1.82, 2.24) is 10.3 Å². The molecule has 0 radical (unpaired) electrons. The van der Waals surface area contributed by atoms with E-state index in [1.807, 2.05) is 13.8 Å². The zero-order valence-electron chi connectivity index (χ0n) is 10.7. The Morgan fingerprint density at radius 1 is 1.53 bits per heavy atom. The van der Waals surface area contributed by atoms with Crippen molar-refractivity contribution in [2.24, 2.45) is 0 Å². The molecule has 0 spiro atoms. The van der Waals surface area contributed by atoms with Gasteiger partial charge in [0.25, 0.3) is 5.91 Å². The molecule has 17 heavy (non-hydrogen) atoms. The van der Waals surface area contributed by atoms with Crippen molar-refractivity contribution in [2.45, 2.75) is 39.2 Å². The highest BCUT2D eigenvalue weighted by molar-refractivity contribution is 5.94. The second-order valence-corrected chi connectivity index (χ2v) is 4.68. The summed E-state index contributed by atoms with van der Waals surface area (Å²) in [5.74, 6) is -0.197. The van der Waals surface area contributed by atoms with Gasteiger partial charge in [-0.2, -0.15) is 0 Å². The number of nitrogens with zero attached hydrogens (tertiary/aromatic N) is 1. The molecule has 1 aromatic rings. The van der Waals surface area contributed by atoms with Crippen molar-refractivity contribution in [1.29, 1.82) is 0 Å². The first-order valence-corrected chi connectivity index (χ1v) is 5.87. The lowest BCUT2D eigenvalue weighted by Crippen LogP contribution is -2.40. The predicted octanol–water partition coefficient (Wildman–Crippen LogP) is 1.67. The van der Waals surface area contributed by atoms with Crippen molar-refractivity contribution in [2.75, 3.05) is 6.54 Å². The summed E-state index contributed by atoms with van der Waals surface area (Å²) in [6.45, 7) is 5.87. The molecule has 1 atom stereocenters. The Morgan fingerprint density at radius 3 is 2.82 bits per heavy atom. The summed E-state index contributed by atoms with van der Waals surface area (Å²) in [5.41, 5.74) is 0.622. The van der Waals surface area contributed by atoms with Gasteiger partial charge in [-0.05, 0) is 31.9 Å². The molecule has 1 unspecified atom stereocenters. The summed E-state index contributed by atoms with van der Waals surface area (Å²) in [4.78, 5) is 15.7. The van der Waals surface area contributed by atoms with Gasteiger partial charge in [0, 0.05) is 18.9 Å². The van der Waals surface area contributed by atoms with Crippen LogP contribution in [0.15, 0.2) is 18.5 Å². The molecule has 0 saturated heterocycles. The number of rotatable bonds is 5. The van der Waals surface area contributed by atoms with Gasteiger partial charge >= 0.3 is 0 Å². The molecule has 1 amide bonds. The van der Waals surface area contributed by atoms with E-state index in [9.17, 15) is 9.90 Å². The van der Waals surface area contributed by atoms with Gasteiger partial charge in [0.05, 0.1) is 11.2 Å². The number of carbonyl (C=O) groups excluding carboxylic acids is 1. The van der Waals surface area contributed by atoms with Gasteiger partial charge in [-0.25, -0.2) is 0 Å². The molecule has 1 rings (SSSR count). The molecule has 1 aromatic heterocycles. The van der Waals surface area contributed by atoms with Crippen LogP contribution in [0.2, 0.25) is 0 Å². The second kappa shape index (κ2) is 5.77. The third kappa shape index (κ3) is 4.53. The van der Waals surface area contributed by atoms with E-state index in [0.717, 1.165) is 12.0 Å². The van der Waals surface area contributed by atoms with Gasteiger partial charge in [-0.15, -0.1) is 0 Å². The van der Waals surface area contributed by atoms with Crippen LogP contribution >= 0.6 is 0 Å². The SMILES string of the molecule is CCCC(C)(O)CNC(=O)c1cncc(C)c1. The normalized spacial score (nSPS) is 14.1. The van der Waals surface area contributed by atoms with Gasteiger partial charge in [-0.1, -0.05) is 13.3 Å². The van der Waals surface area contributed by atoms with Gasteiger partial charge in [-0.3, -0.25) is 9.78 Å². The fraction of sp³-hybridized carbons (Fsp3) is 0.538. The number of aromatic nitrogens is 1. The van der Waals surface area contributed by atoms with Crippen LogP contribution in [-0.2, 0) is 0 Å². The first-order valence-electron chi connectivity index (χ1n) is 5.87. The number of carbonyl (C=O) groups is 1. The van der Waals surface area contributed by atoms with Crippen molar-refractivity contribution in [3.63, 3.8) is 0 Å². The fourth-order valence-corrected chi connectivity index (χ4v) is 1.68. The summed E-state index contributed by atoms with van der Waals surface area (Å²) in [6.07, 6.45) is 4.77. The quantitative estimate of drug-likeness (QED) is 0.817. The van der Waals surface area contributed by atoms with Crippen LogP contribution in [-0.4, -0.2) is 28.1 Å². The van der Waals surface area contributed by atoms with Crippen LogP contribution in [0.4, 0.5) is 0 Å². The van der Waals surface area contributed by atoms with Gasteiger partial charge in [0.1, 0.15) is 0 Å². The molecule has 4 heteroatoms. The molecular formula is C13H20N2O2. The maximum absolute atomic E-state index is 11.8. The van der Waals surface area contributed by atoms with Crippen LogP contribution in [0, 0.1) is 6.92 Å². The van der Waals surface area contributed by atoms with E-state index in [1.165, 1.54) is 6.20 Å². The number of aryl methyl sites for hydroxylation is 1. The van der Waals surface area contributed by atoms with Gasteiger partial charge < -0.3 is 10.4 Å². The van der Waals surface area contributed by atoms with Crippen molar-refractivity contribution >= 4 is 5.91 Å². The largest absolute Gasteiger partial charge is 0.388 e. The van der Waals surface area contributed by atoms with E-state index < -0.39 is 5.60 Å². The van der Waals surface area contributed by atoms with E-state index in [2.05, 4.69) is 10.3 Å². The van der Waals surface area contributed by atoms with Crippen molar-refractivity contribution in [3.05, 3.63) is 29.6 Å². The minimum absolute atomic E-state index is 0.197. The Hall–Kier alpha value is -1.42. The maximum Gasteiger partial charge on any atom is 0.252 e. The molecule has 0 aromatic carbocycles. The third-order valence-corrected chi connectivity index (χ3v) is 2.56. The lowest BCUT2D eigenvalue weighted by molar-refractivity contribution is 0.0469. The Balaban J connectivity index is 2.56. The molecule has 0 saturated carbocycles. The van der Waals surface area contributed by atoms with Gasteiger partial charge in [0.15, 0.2) is 0 Å². The molecular weight excluding hydrogens is 216 g/mol. The van der Waals surface area contributed by atoms with Crippen LogP contribution in [0.3, 0.4) is 0 Å².